The number of hydrogen-bond acceptors (Lipinski definition) is 6. The number of hydrogen-bond donors (Lipinski definition) is 1. The highest BCUT2D eigenvalue weighted by atomic mass is 16.5. The van der Waals surface area contributed by atoms with Crippen molar-refractivity contribution in [3.63, 3.8) is 0 Å². The van der Waals surface area contributed by atoms with Crippen LogP contribution in [-0.2, 0) is 6.54 Å². The van der Waals surface area contributed by atoms with E-state index in [1.165, 1.54) is 0 Å². The molecule has 2 aromatic rings. The molecular weight excluding hydrogens is 184 g/mol. The zero-order valence-corrected chi connectivity index (χ0v) is 7.94. The summed E-state index contributed by atoms with van der Waals surface area (Å²) >= 11 is 0. The SMILES string of the molecule is CNCc1nnc(-c2cnoc2C)o1. The summed E-state index contributed by atoms with van der Waals surface area (Å²) in [5.41, 5.74) is 0.736. The van der Waals surface area contributed by atoms with E-state index in [2.05, 4.69) is 20.7 Å². The molecule has 0 aromatic carbocycles. The van der Waals surface area contributed by atoms with Gasteiger partial charge >= 0.3 is 0 Å². The number of aromatic nitrogens is 3. The normalized spacial score (nSPS) is 10.7. The molecule has 0 saturated carbocycles. The quantitative estimate of drug-likeness (QED) is 0.776. The molecule has 0 atom stereocenters. The van der Waals surface area contributed by atoms with Crippen LogP contribution >= 0.6 is 0 Å². The van der Waals surface area contributed by atoms with Gasteiger partial charge in [0.1, 0.15) is 11.3 Å². The molecule has 0 unspecified atom stereocenters. The van der Waals surface area contributed by atoms with Crippen LogP contribution in [0.3, 0.4) is 0 Å². The molecule has 74 valence electrons. The van der Waals surface area contributed by atoms with E-state index in [1.54, 1.807) is 13.1 Å². The van der Waals surface area contributed by atoms with Crippen LogP contribution in [0.15, 0.2) is 15.1 Å². The molecule has 0 fully saturated rings. The molecule has 2 rings (SSSR count). The van der Waals surface area contributed by atoms with E-state index in [0.29, 0.717) is 24.1 Å². The van der Waals surface area contributed by atoms with Crippen molar-refractivity contribution in [3.05, 3.63) is 17.8 Å². The van der Waals surface area contributed by atoms with Crippen molar-refractivity contribution in [2.45, 2.75) is 13.5 Å². The second kappa shape index (κ2) is 3.59. The topological polar surface area (TPSA) is 77.0 Å². The lowest BCUT2D eigenvalue weighted by Gasteiger charge is -1.89. The molecular formula is C8H10N4O2. The van der Waals surface area contributed by atoms with Crippen LogP contribution in [-0.4, -0.2) is 22.4 Å². The summed E-state index contributed by atoms with van der Waals surface area (Å²) in [7, 11) is 1.81. The van der Waals surface area contributed by atoms with Crippen molar-refractivity contribution in [1.29, 1.82) is 0 Å². The summed E-state index contributed by atoms with van der Waals surface area (Å²) in [6, 6.07) is 0. The molecule has 1 N–H and O–H groups in total. The molecule has 0 amide bonds. The molecule has 6 heteroatoms. The van der Waals surface area contributed by atoms with Gasteiger partial charge in [0.25, 0.3) is 5.89 Å². The van der Waals surface area contributed by atoms with Gasteiger partial charge in [0.05, 0.1) is 12.7 Å². The van der Waals surface area contributed by atoms with Crippen LogP contribution in [0, 0.1) is 6.92 Å². The van der Waals surface area contributed by atoms with E-state index in [0.717, 1.165) is 5.56 Å². The standard InChI is InChI=1S/C8H10N4O2/c1-5-6(3-10-14-5)8-12-11-7(13-8)4-9-2/h3,9H,4H2,1-2H3. The minimum absolute atomic E-state index is 0.439. The first-order chi connectivity index (χ1) is 6.81. The number of aryl methyl sites for hydroxylation is 1. The molecule has 0 radical (unpaired) electrons. The molecule has 0 aliphatic carbocycles. The predicted molar refractivity (Wildman–Crippen MR) is 47.3 cm³/mol. The lowest BCUT2D eigenvalue weighted by Crippen LogP contribution is -2.04. The van der Waals surface area contributed by atoms with Crippen LogP contribution in [0.4, 0.5) is 0 Å². The zero-order chi connectivity index (χ0) is 9.97. The minimum Gasteiger partial charge on any atom is -0.419 e. The largest absolute Gasteiger partial charge is 0.419 e. The maximum Gasteiger partial charge on any atom is 0.253 e. The minimum atomic E-state index is 0.439. The summed E-state index contributed by atoms with van der Waals surface area (Å²) < 4.78 is 10.3. The highest BCUT2D eigenvalue weighted by molar-refractivity contribution is 5.52. The van der Waals surface area contributed by atoms with Gasteiger partial charge in [0.15, 0.2) is 0 Å². The third-order valence-electron chi connectivity index (χ3n) is 1.78. The van der Waals surface area contributed by atoms with Crippen molar-refractivity contribution in [3.8, 4) is 11.5 Å². The lowest BCUT2D eigenvalue weighted by molar-refractivity contribution is 0.397. The molecule has 2 heterocycles. The fourth-order valence-corrected chi connectivity index (χ4v) is 1.09. The first-order valence-corrected chi connectivity index (χ1v) is 4.20. The smallest absolute Gasteiger partial charge is 0.253 e. The third kappa shape index (κ3) is 1.51. The molecule has 14 heavy (non-hydrogen) atoms. The number of rotatable bonds is 3. The molecule has 6 nitrogen and oxygen atoms in total. The highest BCUT2D eigenvalue weighted by Gasteiger charge is 2.13. The van der Waals surface area contributed by atoms with Crippen molar-refractivity contribution in [2.24, 2.45) is 0 Å². The van der Waals surface area contributed by atoms with E-state index in [-0.39, 0.29) is 0 Å². The Morgan fingerprint density at radius 1 is 1.43 bits per heavy atom. The second-order valence-corrected chi connectivity index (χ2v) is 2.83. The predicted octanol–water partition coefficient (Wildman–Crippen LogP) is 0.752. The van der Waals surface area contributed by atoms with Gasteiger partial charge in [-0.25, -0.2) is 0 Å². The van der Waals surface area contributed by atoms with E-state index in [9.17, 15) is 0 Å². The Morgan fingerprint density at radius 3 is 2.93 bits per heavy atom. The van der Waals surface area contributed by atoms with Gasteiger partial charge < -0.3 is 14.3 Å². The fourth-order valence-electron chi connectivity index (χ4n) is 1.09. The summed E-state index contributed by atoms with van der Waals surface area (Å²) in [5.74, 6) is 1.65. The average Bonchev–Trinajstić information content (AvgIpc) is 2.74. The maximum absolute atomic E-state index is 5.36. The van der Waals surface area contributed by atoms with Gasteiger partial charge in [-0.3, -0.25) is 0 Å². The van der Waals surface area contributed by atoms with Gasteiger partial charge in [-0.1, -0.05) is 5.16 Å². The van der Waals surface area contributed by atoms with Crippen LogP contribution in [0.2, 0.25) is 0 Å². The maximum atomic E-state index is 5.36. The Balaban J connectivity index is 2.29. The van der Waals surface area contributed by atoms with Gasteiger partial charge in [0, 0.05) is 0 Å². The fraction of sp³-hybridized carbons (Fsp3) is 0.375. The first kappa shape index (κ1) is 8.89. The Morgan fingerprint density at radius 2 is 2.29 bits per heavy atom. The van der Waals surface area contributed by atoms with E-state index in [4.69, 9.17) is 8.94 Å². The summed E-state index contributed by atoms with van der Waals surface area (Å²) in [5, 5.41) is 14.3. The van der Waals surface area contributed by atoms with Crippen LogP contribution in [0.25, 0.3) is 11.5 Å². The van der Waals surface area contributed by atoms with Gasteiger partial charge in [-0.15, -0.1) is 10.2 Å². The van der Waals surface area contributed by atoms with E-state index >= 15 is 0 Å². The van der Waals surface area contributed by atoms with Crippen molar-refractivity contribution < 1.29 is 8.94 Å². The molecule has 0 aliphatic rings. The Kier molecular flexibility index (Phi) is 2.28. The second-order valence-electron chi connectivity index (χ2n) is 2.83. The van der Waals surface area contributed by atoms with Crippen molar-refractivity contribution >= 4 is 0 Å². The van der Waals surface area contributed by atoms with Crippen LogP contribution in [0.1, 0.15) is 11.7 Å². The first-order valence-electron chi connectivity index (χ1n) is 4.20. The van der Waals surface area contributed by atoms with Crippen molar-refractivity contribution in [2.75, 3.05) is 7.05 Å². The average molecular weight is 194 g/mol. The van der Waals surface area contributed by atoms with Crippen molar-refractivity contribution in [1.82, 2.24) is 20.7 Å². The summed E-state index contributed by atoms with van der Waals surface area (Å²) in [6.45, 7) is 2.35. The summed E-state index contributed by atoms with van der Waals surface area (Å²) in [4.78, 5) is 0. The van der Waals surface area contributed by atoms with Gasteiger partial charge in [-0.2, -0.15) is 0 Å². The Labute approximate surface area is 80.3 Å². The third-order valence-corrected chi connectivity index (χ3v) is 1.78. The number of nitrogens with one attached hydrogen (secondary N) is 1. The molecule has 0 spiro atoms. The van der Waals surface area contributed by atoms with Crippen LogP contribution < -0.4 is 5.32 Å². The van der Waals surface area contributed by atoms with E-state index in [1.807, 2.05) is 7.05 Å². The monoisotopic (exact) mass is 194 g/mol. The lowest BCUT2D eigenvalue weighted by atomic mass is 10.3. The van der Waals surface area contributed by atoms with E-state index < -0.39 is 0 Å². The highest BCUT2D eigenvalue weighted by Crippen LogP contribution is 2.20. The van der Waals surface area contributed by atoms with Gasteiger partial charge in [-0.05, 0) is 14.0 Å². The van der Waals surface area contributed by atoms with Crippen LogP contribution in [0.5, 0.6) is 0 Å². The number of nitrogens with zero attached hydrogens (tertiary/aromatic N) is 3. The molecule has 0 saturated heterocycles. The zero-order valence-electron chi connectivity index (χ0n) is 7.94. The molecule has 0 bridgehead atoms. The molecule has 0 aliphatic heterocycles. The Hall–Kier alpha value is -1.69. The molecule has 2 aromatic heterocycles. The summed E-state index contributed by atoms with van der Waals surface area (Å²) in [6.07, 6.45) is 1.56. The Bertz CT molecular complexity index is 420. The van der Waals surface area contributed by atoms with Gasteiger partial charge in [0.2, 0.25) is 5.89 Å².